The van der Waals surface area contributed by atoms with Gasteiger partial charge in [0.1, 0.15) is 5.82 Å². The summed E-state index contributed by atoms with van der Waals surface area (Å²) in [5.41, 5.74) is 3.83. The fraction of sp³-hybridized carbons (Fsp3) is 0.500. The minimum absolute atomic E-state index is 0. The molecule has 0 radical (unpaired) electrons. The average molecular weight is 452 g/mol. The van der Waals surface area contributed by atoms with Crippen molar-refractivity contribution in [2.24, 2.45) is 0 Å². The number of rotatable bonds is 4. The normalized spacial score (nSPS) is 17.1. The summed E-state index contributed by atoms with van der Waals surface area (Å²) in [6.45, 7) is 3.86. The average Bonchev–Trinajstić information content (AvgIpc) is 3.24. The highest BCUT2D eigenvalue weighted by Gasteiger charge is 2.24. The van der Waals surface area contributed by atoms with E-state index in [0.717, 1.165) is 54.2 Å². The van der Waals surface area contributed by atoms with Crippen LogP contribution in [0.25, 0.3) is 11.0 Å². The minimum atomic E-state index is -0.226. The van der Waals surface area contributed by atoms with Crippen LogP contribution < -0.4 is 10.6 Å². The highest BCUT2D eigenvalue weighted by atomic mass is 35.5. The first kappa shape index (κ1) is 22.5. The lowest BCUT2D eigenvalue weighted by Crippen LogP contribution is -2.30. The molecule has 1 aromatic carbocycles. The molecule has 1 aliphatic carbocycles. The SMILES string of the molecule is Cc1c(C(=O)Nc2ccc3nc(C4CCC4)[nH]c3c2)nnn1C1CCNCC1.Cl.Cl. The molecule has 1 saturated heterocycles. The second-order valence-corrected chi connectivity index (χ2v) is 7.89. The Labute approximate surface area is 187 Å². The molecular formula is C20H27Cl2N7O. The maximum Gasteiger partial charge on any atom is 0.278 e. The van der Waals surface area contributed by atoms with Crippen molar-refractivity contribution in [3.05, 3.63) is 35.4 Å². The molecule has 1 aliphatic heterocycles. The summed E-state index contributed by atoms with van der Waals surface area (Å²) in [6, 6.07) is 6.08. The zero-order chi connectivity index (χ0) is 19.1. The summed E-state index contributed by atoms with van der Waals surface area (Å²) < 4.78 is 1.90. The van der Waals surface area contributed by atoms with E-state index in [4.69, 9.17) is 0 Å². The third kappa shape index (κ3) is 4.17. The quantitative estimate of drug-likeness (QED) is 0.560. The molecule has 162 valence electrons. The van der Waals surface area contributed by atoms with Crippen molar-refractivity contribution < 1.29 is 4.79 Å². The number of aromatic nitrogens is 5. The van der Waals surface area contributed by atoms with Crippen molar-refractivity contribution in [2.75, 3.05) is 18.4 Å². The summed E-state index contributed by atoms with van der Waals surface area (Å²) >= 11 is 0. The third-order valence-corrected chi connectivity index (χ3v) is 6.05. The molecule has 3 aromatic rings. The summed E-state index contributed by atoms with van der Waals surface area (Å²) in [5.74, 6) is 1.39. The van der Waals surface area contributed by atoms with Crippen LogP contribution in [0.2, 0.25) is 0 Å². The number of H-pyrrole nitrogens is 1. The maximum absolute atomic E-state index is 12.8. The molecule has 5 rings (SSSR count). The van der Waals surface area contributed by atoms with Gasteiger partial charge in [-0.2, -0.15) is 0 Å². The van der Waals surface area contributed by atoms with E-state index in [0.29, 0.717) is 17.7 Å². The number of fused-ring (bicyclic) bond motifs is 1. The van der Waals surface area contributed by atoms with E-state index in [1.54, 1.807) is 0 Å². The van der Waals surface area contributed by atoms with Crippen molar-refractivity contribution in [3.8, 4) is 0 Å². The van der Waals surface area contributed by atoms with Gasteiger partial charge in [0.2, 0.25) is 0 Å². The van der Waals surface area contributed by atoms with E-state index in [1.807, 2.05) is 29.8 Å². The lowest BCUT2D eigenvalue weighted by molar-refractivity contribution is 0.102. The van der Waals surface area contributed by atoms with E-state index in [9.17, 15) is 4.79 Å². The Morgan fingerprint density at radius 1 is 1.17 bits per heavy atom. The van der Waals surface area contributed by atoms with Crippen molar-refractivity contribution >= 4 is 47.4 Å². The summed E-state index contributed by atoms with van der Waals surface area (Å²) in [6.07, 6.45) is 5.70. The standard InChI is InChI=1S/C20H25N7O.2ClH/c1-12-18(25-26-27(12)15-7-9-21-10-8-15)20(28)22-14-5-6-16-17(11-14)24-19(23-16)13-3-2-4-13;;/h5-6,11,13,15,21H,2-4,7-10H2,1H3,(H,22,28)(H,23,24);2*1H. The number of piperidine rings is 1. The number of hydrogen-bond acceptors (Lipinski definition) is 5. The number of aromatic amines is 1. The number of carbonyl (C=O) groups excluding carboxylic acids is 1. The molecule has 0 spiro atoms. The number of amides is 1. The van der Waals surface area contributed by atoms with Crippen LogP contribution in [0, 0.1) is 6.92 Å². The number of carbonyl (C=O) groups is 1. The zero-order valence-electron chi connectivity index (χ0n) is 16.9. The fourth-order valence-electron chi connectivity index (χ4n) is 4.12. The predicted octanol–water partition coefficient (Wildman–Crippen LogP) is 3.75. The van der Waals surface area contributed by atoms with E-state index < -0.39 is 0 Å². The number of halogens is 2. The molecule has 3 heterocycles. The summed E-state index contributed by atoms with van der Waals surface area (Å²) in [5, 5.41) is 14.7. The van der Waals surface area contributed by atoms with Gasteiger partial charge in [-0.25, -0.2) is 9.67 Å². The second-order valence-electron chi connectivity index (χ2n) is 7.89. The van der Waals surface area contributed by atoms with Crippen LogP contribution in [0.3, 0.4) is 0 Å². The lowest BCUT2D eigenvalue weighted by Gasteiger charge is -2.23. The van der Waals surface area contributed by atoms with E-state index >= 15 is 0 Å². The Hall–Kier alpha value is -2.16. The van der Waals surface area contributed by atoms with Crippen molar-refractivity contribution in [2.45, 2.75) is 51.0 Å². The van der Waals surface area contributed by atoms with E-state index in [1.165, 1.54) is 19.3 Å². The largest absolute Gasteiger partial charge is 0.342 e. The molecule has 2 aromatic heterocycles. The first-order valence-electron chi connectivity index (χ1n) is 10.1. The molecule has 0 unspecified atom stereocenters. The summed E-state index contributed by atoms with van der Waals surface area (Å²) in [4.78, 5) is 20.9. The van der Waals surface area contributed by atoms with Crippen LogP contribution in [-0.4, -0.2) is 44.0 Å². The molecule has 1 saturated carbocycles. The van der Waals surface area contributed by atoms with Crippen molar-refractivity contribution in [1.82, 2.24) is 30.3 Å². The van der Waals surface area contributed by atoms with Crippen molar-refractivity contribution in [1.29, 1.82) is 0 Å². The van der Waals surface area contributed by atoms with Gasteiger partial charge >= 0.3 is 0 Å². The molecule has 3 N–H and O–H groups in total. The topological polar surface area (TPSA) is 101 Å². The molecule has 0 bridgehead atoms. The van der Waals surface area contributed by atoms with E-state index in [-0.39, 0.29) is 30.7 Å². The van der Waals surface area contributed by atoms with Crippen LogP contribution in [0.4, 0.5) is 5.69 Å². The van der Waals surface area contributed by atoms with Crippen LogP contribution >= 0.6 is 24.8 Å². The number of nitrogens with one attached hydrogen (secondary N) is 3. The van der Waals surface area contributed by atoms with Crippen LogP contribution in [0.1, 0.15) is 66.1 Å². The van der Waals surface area contributed by atoms with Gasteiger partial charge in [-0.1, -0.05) is 11.6 Å². The van der Waals surface area contributed by atoms with Gasteiger partial charge in [0.15, 0.2) is 5.69 Å². The van der Waals surface area contributed by atoms with Gasteiger partial charge in [-0.15, -0.1) is 29.9 Å². The Kier molecular flexibility index (Phi) is 7.00. The second kappa shape index (κ2) is 9.32. The summed E-state index contributed by atoms with van der Waals surface area (Å²) in [7, 11) is 0. The molecular weight excluding hydrogens is 425 g/mol. The molecule has 0 atom stereocenters. The third-order valence-electron chi connectivity index (χ3n) is 6.05. The first-order valence-corrected chi connectivity index (χ1v) is 10.1. The van der Waals surface area contributed by atoms with Gasteiger partial charge in [-0.3, -0.25) is 4.79 Å². The Bertz CT molecular complexity index is 1020. The van der Waals surface area contributed by atoms with Gasteiger partial charge in [0.05, 0.1) is 22.8 Å². The Balaban J connectivity index is 0.00000128. The lowest BCUT2D eigenvalue weighted by atomic mass is 9.85. The molecule has 8 nitrogen and oxygen atoms in total. The van der Waals surface area contributed by atoms with Crippen LogP contribution in [0.5, 0.6) is 0 Å². The number of anilines is 1. The van der Waals surface area contributed by atoms with E-state index in [2.05, 4.69) is 30.9 Å². The number of imidazole rings is 1. The van der Waals surface area contributed by atoms with Crippen molar-refractivity contribution in [3.63, 3.8) is 0 Å². The van der Waals surface area contributed by atoms with Gasteiger partial charge < -0.3 is 15.6 Å². The predicted molar refractivity (Wildman–Crippen MR) is 121 cm³/mol. The Morgan fingerprint density at radius 3 is 2.63 bits per heavy atom. The number of hydrogen-bond donors (Lipinski definition) is 3. The number of benzene rings is 1. The molecule has 2 aliphatic rings. The van der Waals surface area contributed by atoms with Crippen LogP contribution in [-0.2, 0) is 0 Å². The van der Waals surface area contributed by atoms with Gasteiger partial charge in [0, 0.05) is 11.6 Å². The highest BCUT2D eigenvalue weighted by Crippen LogP contribution is 2.35. The van der Waals surface area contributed by atoms with Gasteiger partial charge in [0.25, 0.3) is 5.91 Å². The minimum Gasteiger partial charge on any atom is -0.342 e. The monoisotopic (exact) mass is 451 g/mol. The van der Waals surface area contributed by atoms with Gasteiger partial charge in [-0.05, 0) is 63.9 Å². The molecule has 30 heavy (non-hydrogen) atoms. The smallest absolute Gasteiger partial charge is 0.278 e. The maximum atomic E-state index is 12.8. The zero-order valence-corrected chi connectivity index (χ0v) is 18.5. The number of nitrogens with zero attached hydrogens (tertiary/aromatic N) is 4. The van der Waals surface area contributed by atoms with Crippen LogP contribution in [0.15, 0.2) is 18.2 Å². The highest BCUT2D eigenvalue weighted by molar-refractivity contribution is 6.04. The fourth-order valence-corrected chi connectivity index (χ4v) is 4.12. The molecule has 1 amide bonds. The molecule has 10 heteroatoms. The molecule has 2 fully saturated rings. The first-order chi connectivity index (χ1) is 13.7. The Morgan fingerprint density at radius 2 is 1.93 bits per heavy atom.